The first kappa shape index (κ1) is 13.5. The van der Waals surface area contributed by atoms with Crippen LogP contribution in [-0.4, -0.2) is 8.75 Å². The number of hydrogen-bond donors (Lipinski definition) is 1. The molecule has 20 heavy (non-hydrogen) atoms. The standard InChI is InChI=1S/C13H8Cl2FN3S/c14-9-5-10(15)12-13(19-20-18-12)11(9)17-6-7-1-3-8(16)4-2-7/h1-5,17H,6H2. The third-order valence-electron chi connectivity index (χ3n) is 2.83. The lowest BCUT2D eigenvalue weighted by Crippen LogP contribution is -2.01. The number of nitrogens with zero attached hydrogens (tertiary/aromatic N) is 2. The van der Waals surface area contributed by atoms with Gasteiger partial charge in [-0.05, 0) is 23.8 Å². The average molecular weight is 328 g/mol. The molecule has 0 fully saturated rings. The third kappa shape index (κ3) is 2.57. The van der Waals surface area contributed by atoms with E-state index in [1.165, 1.54) is 12.1 Å². The van der Waals surface area contributed by atoms with E-state index < -0.39 is 0 Å². The average Bonchev–Trinajstić information content (AvgIpc) is 2.90. The van der Waals surface area contributed by atoms with Crippen molar-refractivity contribution in [3.63, 3.8) is 0 Å². The maximum Gasteiger partial charge on any atom is 0.130 e. The summed E-state index contributed by atoms with van der Waals surface area (Å²) in [5, 5.41) is 4.16. The zero-order valence-electron chi connectivity index (χ0n) is 10.0. The molecule has 0 aliphatic heterocycles. The van der Waals surface area contributed by atoms with Crippen LogP contribution in [0.15, 0.2) is 30.3 Å². The summed E-state index contributed by atoms with van der Waals surface area (Å²) in [6.07, 6.45) is 0. The van der Waals surface area contributed by atoms with Crippen molar-refractivity contribution in [2.45, 2.75) is 6.54 Å². The number of anilines is 1. The molecule has 102 valence electrons. The molecule has 2 aromatic carbocycles. The molecular weight excluding hydrogens is 320 g/mol. The van der Waals surface area contributed by atoms with E-state index in [9.17, 15) is 4.39 Å². The number of fused-ring (bicyclic) bond motifs is 1. The fourth-order valence-corrected chi connectivity index (χ4v) is 3.01. The van der Waals surface area contributed by atoms with Crippen LogP contribution in [0.25, 0.3) is 11.0 Å². The van der Waals surface area contributed by atoms with Gasteiger partial charge in [-0.25, -0.2) is 4.39 Å². The molecule has 1 aromatic heterocycles. The monoisotopic (exact) mass is 327 g/mol. The minimum Gasteiger partial charge on any atom is -0.378 e. The van der Waals surface area contributed by atoms with Gasteiger partial charge >= 0.3 is 0 Å². The van der Waals surface area contributed by atoms with Crippen molar-refractivity contribution in [3.8, 4) is 0 Å². The number of benzene rings is 2. The van der Waals surface area contributed by atoms with Crippen LogP contribution in [0.3, 0.4) is 0 Å². The molecule has 3 nitrogen and oxygen atoms in total. The van der Waals surface area contributed by atoms with E-state index in [1.54, 1.807) is 18.2 Å². The highest BCUT2D eigenvalue weighted by Gasteiger charge is 2.13. The largest absolute Gasteiger partial charge is 0.378 e. The summed E-state index contributed by atoms with van der Waals surface area (Å²) in [5.74, 6) is -0.260. The molecule has 0 radical (unpaired) electrons. The van der Waals surface area contributed by atoms with E-state index in [0.29, 0.717) is 33.3 Å². The van der Waals surface area contributed by atoms with E-state index in [0.717, 1.165) is 17.3 Å². The van der Waals surface area contributed by atoms with Gasteiger partial charge in [0.05, 0.1) is 27.5 Å². The highest BCUT2D eigenvalue weighted by molar-refractivity contribution is 7.00. The van der Waals surface area contributed by atoms with Crippen molar-refractivity contribution in [3.05, 3.63) is 51.8 Å². The normalized spacial score (nSPS) is 10.9. The minimum absolute atomic E-state index is 0.260. The number of hydrogen-bond acceptors (Lipinski definition) is 4. The molecule has 7 heteroatoms. The van der Waals surface area contributed by atoms with Crippen molar-refractivity contribution in [2.24, 2.45) is 0 Å². The van der Waals surface area contributed by atoms with Crippen molar-refractivity contribution in [1.29, 1.82) is 0 Å². The van der Waals surface area contributed by atoms with Crippen molar-refractivity contribution >= 4 is 51.7 Å². The van der Waals surface area contributed by atoms with Crippen molar-refractivity contribution < 1.29 is 4.39 Å². The van der Waals surface area contributed by atoms with E-state index in [2.05, 4.69) is 14.1 Å². The molecule has 0 spiro atoms. The molecule has 0 amide bonds. The Labute approximate surface area is 128 Å². The summed E-state index contributed by atoms with van der Waals surface area (Å²) in [6, 6.07) is 7.89. The lowest BCUT2D eigenvalue weighted by molar-refractivity contribution is 0.627. The first-order chi connectivity index (χ1) is 9.65. The first-order valence-corrected chi connectivity index (χ1v) is 7.22. The van der Waals surface area contributed by atoms with Gasteiger partial charge < -0.3 is 5.32 Å². The summed E-state index contributed by atoms with van der Waals surface area (Å²) >= 11 is 13.3. The zero-order valence-corrected chi connectivity index (χ0v) is 12.4. The van der Waals surface area contributed by atoms with Gasteiger partial charge in [0, 0.05) is 6.54 Å². The van der Waals surface area contributed by atoms with E-state index in [1.807, 2.05) is 0 Å². The van der Waals surface area contributed by atoms with Gasteiger partial charge in [0.25, 0.3) is 0 Å². The van der Waals surface area contributed by atoms with Crippen LogP contribution >= 0.6 is 34.9 Å². The van der Waals surface area contributed by atoms with Crippen molar-refractivity contribution in [1.82, 2.24) is 8.75 Å². The topological polar surface area (TPSA) is 37.8 Å². The van der Waals surface area contributed by atoms with Crippen LogP contribution in [-0.2, 0) is 6.54 Å². The maximum absolute atomic E-state index is 12.9. The van der Waals surface area contributed by atoms with Gasteiger partial charge in [0.1, 0.15) is 16.9 Å². The molecule has 1 N–H and O–H groups in total. The number of aromatic nitrogens is 2. The summed E-state index contributed by atoms with van der Waals surface area (Å²) in [5.41, 5.74) is 2.90. The van der Waals surface area contributed by atoms with Gasteiger partial charge in [-0.15, -0.1) is 0 Å². The number of nitrogens with one attached hydrogen (secondary N) is 1. The summed E-state index contributed by atoms with van der Waals surface area (Å²) in [7, 11) is 0. The second-order valence-electron chi connectivity index (χ2n) is 4.16. The Kier molecular flexibility index (Phi) is 3.74. The van der Waals surface area contributed by atoms with Crippen LogP contribution in [0.5, 0.6) is 0 Å². The highest BCUT2D eigenvalue weighted by Crippen LogP contribution is 2.35. The Hall–Kier alpha value is -1.43. The molecule has 0 aliphatic carbocycles. The first-order valence-electron chi connectivity index (χ1n) is 5.74. The summed E-state index contributed by atoms with van der Waals surface area (Å²) in [4.78, 5) is 0. The second-order valence-corrected chi connectivity index (χ2v) is 5.50. The predicted octanol–water partition coefficient (Wildman–Crippen LogP) is 4.75. The van der Waals surface area contributed by atoms with Crippen LogP contribution in [0, 0.1) is 5.82 Å². The number of halogens is 3. The summed E-state index contributed by atoms with van der Waals surface area (Å²) < 4.78 is 21.2. The van der Waals surface area contributed by atoms with E-state index in [-0.39, 0.29) is 5.82 Å². The molecule has 0 bridgehead atoms. The molecule has 0 unspecified atom stereocenters. The van der Waals surface area contributed by atoms with Crippen LogP contribution in [0.4, 0.5) is 10.1 Å². The number of rotatable bonds is 3. The maximum atomic E-state index is 12.9. The highest BCUT2D eigenvalue weighted by atomic mass is 35.5. The van der Waals surface area contributed by atoms with E-state index >= 15 is 0 Å². The molecular formula is C13H8Cl2FN3S. The third-order valence-corrected chi connectivity index (χ3v) is 3.94. The fourth-order valence-electron chi connectivity index (χ4n) is 1.84. The Morgan fingerprint density at radius 1 is 1.05 bits per heavy atom. The van der Waals surface area contributed by atoms with Crippen LogP contribution < -0.4 is 5.32 Å². The van der Waals surface area contributed by atoms with Gasteiger partial charge in [0.15, 0.2) is 0 Å². The molecule has 1 heterocycles. The quantitative estimate of drug-likeness (QED) is 0.754. The Morgan fingerprint density at radius 2 is 1.75 bits per heavy atom. The summed E-state index contributed by atoms with van der Waals surface area (Å²) in [6.45, 7) is 0.508. The van der Waals surface area contributed by atoms with Crippen LogP contribution in [0.2, 0.25) is 10.0 Å². The molecule has 0 atom stereocenters. The second kappa shape index (κ2) is 5.52. The predicted molar refractivity (Wildman–Crippen MR) is 81.2 cm³/mol. The molecule has 3 aromatic rings. The van der Waals surface area contributed by atoms with Gasteiger partial charge in [-0.1, -0.05) is 35.3 Å². The molecule has 0 aliphatic rings. The van der Waals surface area contributed by atoms with Gasteiger partial charge in [-0.2, -0.15) is 8.75 Å². The SMILES string of the molecule is Fc1ccc(CNc2c(Cl)cc(Cl)c3nsnc23)cc1. The Bertz CT molecular complexity index is 758. The molecule has 3 rings (SSSR count). The molecule has 0 saturated carbocycles. The fraction of sp³-hybridized carbons (Fsp3) is 0.0769. The van der Waals surface area contributed by atoms with E-state index in [4.69, 9.17) is 23.2 Å². The zero-order chi connectivity index (χ0) is 14.1. The smallest absolute Gasteiger partial charge is 0.130 e. The minimum atomic E-state index is -0.260. The Balaban J connectivity index is 1.91. The lowest BCUT2D eigenvalue weighted by Gasteiger charge is -2.09. The van der Waals surface area contributed by atoms with Gasteiger partial charge in [-0.3, -0.25) is 0 Å². The van der Waals surface area contributed by atoms with Gasteiger partial charge in [0.2, 0.25) is 0 Å². The van der Waals surface area contributed by atoms with Crippen LogP contribution in [0.1, 0.15) is 5.56 Å². The Morgan fingerprint density at radius 3 is 2.50 bits per heavy atom. The van der Waals surface area contributed by atoms with Crippen molar-refractivity contribution in [2.75, 3.05) is 5.32 Å². The molecule has 0 saturated heterocycles. The lowest BCUT2D eigenvalue weighted by atomic mass is 10.2.